The summed E-state index contributed by atoms with van der Waals surface area (Å²) < 4.78 is 5.88. The minimum Gasteiger partial charge on any atom is -0.379 e. The van der Waals surface area contributed by atoms with Gasteiger partial charge in [-0.3, -0.25) is 4.79 Å². The summed E-state index contributed by atoms with van der Waals surface area (Å²) in [6, 6.07) is 9.47. The van der Waals surface area contributed by atoms with Gasteiger partial charge in [0.15, 0.2) is 4.32 Å². The SMILES string of the molecule is O=C1C(=Cc2ccc3cccc(Cl)c3n2)SC(=S)N1N1CCOCC1. The number of morpholine rings is 1. The summed E-state index contributed by atoms with van der Waals surface area (Å²) in [4.78, 5) is 17.9. The number of hydrazine groups is 1. The van der Waals surface area contributed by atoms with Crippen molar-refractivity contribution in [3.05, 3.63) is 46.0 Å². The Hall–Kier alpha value is -1.51. The summed E-state index contributed by atoms with van der Waals surface area (Å²) in [7, 11) is 0. The highest BCUT2D eigenvalue weighted by Gasteiger charge is 2.37. The maximum atomic E-state index is 12.8. The minimum atomic E-state index is -0.113. The second-order valence-electron chi connectivity index (χ2n) is 5.61. The monoisotopic (exact) mass is 391 g/mol. The number of carbonyl (C=O) groups excluding carboxylic acids is 1. The summed E-state index contributed by atoms with van der Waals surface area (Å²) in [5, 5.41) is 5.06. The average molecular weight is 392 g/mol. The van der Waals surface area contributed by atoms with E-state index in [1.807, 2.05) is 29.3 Å². The molecule has 0 atom stereocenters. The molecule has 0 radical (unpaired) electrons. The summed E-state index contributed by atoms with van der Waals surface area (Å²) in [6.07, 6.45) is 1.77. The molecule has 4 rings (SSSR count). The van der Waals surface area contributed by atoms with Gasteiger partial charge in [0, 0.05) is 18.5 Å². The second kappa shape index (κ2) is 7.01. The molecule has 128 valence electrons. The van der Waals surface area contributed by atoms with E-state index in [2.05, 4.69) is 4.98 Å². The van der Waals surface area contributed by atoms with Crippen molar-refractivity contribution in [3.8, 4) is 0 Å². The van der Waals surface area contributed by atoms with Crippen molar-refractivity contribution < 1.29 is 9.53 Å². The summed E-state index contributed by atoms with van der Waals surface area (Å²) in [6.45, 7) is 2.51. The second-order valence-corrected chi connectivity index (χ2v) is 7.69. The number of nitrogens with zero attached hydrogens (tertiary/aromatic N) is 3. The van der Waals surface area contributed by atoms with Crippen LogP contribution in [-0.2, 0) is 9.53 Å². The molecule has 1 amide bonds. The topological polar surface area (TPSA) is 45.7 Å². The number of carbonyl (C=O) groups is 1. The molecule has 2 saturated heterocycles. The standard InChI is InChI=1S/C17H14ClN3O2S2/c18-13-3-1-2-11-4-5-12(19-15(11)13)10-14-16(22)21(17(24)25-14)20-6-8-23-9-7-20/h1-5,10H,6-9H2. The molecule has 0 bridgehead atoms. The van der Waals surface area contributed by atoms with E-state index in [-0.39, 0.29) is 5.91 Å². The van der Waals surface area contributed by atoms with E-state index < -0.39 is 0 Å². The number of ether oxygens (including phenoxy) is 1. The molecule has 3 heterocycles. The molecule has 0 aliphatic carbocycles. The molecule has 0 spiro atoms. The van der Waals surface area contributed by atoms with Crippen LogP contribution in [0.5, 0.6) is 0 Å². The van der Waals surface area contributed by atoms with E-state index in [1.165, 1.54) is 11.8 Å². The Kier molecular flexibility index (Phi) is 4.75. The lowest BCUT2D eigenvalue weighted by molar-refractivity contribution is -0.138. The molecule has 8 heteroatoms. The van der Waals surface area contributed by atoms with Gasteiger partial charge in [-0.1, -0.05) is 53.8 Å². The van der Waals surface area contributed by atoms with Gasteiger partial charge in [-0.15, -0.1) is 0 Å². The average Bonchev–Trinajstić information content (AvgIpc) is 2.90. The summed E-state index contributed by atoms with van der Waals surface area (Å²) in [5.74, 6) is -0.113. The van der Waals surface area contributed by atoms with Crippen LogP contribution in [0.4, 0.5) is 0 Å². The number of fused-ring (bicyclic) bond motifs is 1. The predicted octanol–water partition coefficient (Wildman–Crippen LogP) is 3.34. The molecule has 2 aliphatic rings. The molecule has 0 N–H and O–H groups in total. The van der Waals surface area contributed by atoms with Crippen molar-refractivity contribution >= 4 is 62.8 Å². The number of thioether (sulfide) groups is 1. The molecular weight excluding hydrogens is 378 g/mol. The fourth-order valence-electron chi connectivity index (χ4n) is 2.80. The Labute approximate surface area is 159 Å². The molecule has 2 aliphatic heterocycles. The van der Waals surface area contributed by atoms with Crippen LogP contribution in [-0.4, -0.2) is 51.5 Å². The number of halogens is 1. The lowest BCUT2D eigenvalue weighted by Gasteiger charge is -2.33. The highest BCUT2D eigenvalue weighted by Crippen LogP contribution is 2.34. The number of benzene rings is 1. The Morgan fingerprint density at radius 3 is 2.84 bits per heavy atom. The van der Waals surface area contributed by atoms with Crippen molar-refractivity contribution in [1.82, 2.24) is 15.0 Å². The maximum absolute atomic E-state index is 12.8. The Morgan fingerprint density at radius 1 is 1.24 bits per heavy atom. The van der Waals surface area contributed by atoms with Gasteiger partial charge in [0.25, 0.3) is 5.91 Å². The zero-order chi connectivity index (χ0) is 17.4. The van der Waals surface area contributed by atoms with Crippen molar-refractivity contribution in [1.29, 1.82) is 0 Å². The smallest absolute Gasteiger partial charge is 0.281 e. The van der Waals surface area contributed by atoms with Crippen LogP contribution < -0.4 is 0 Å². The predicted molar refractivity (Wildman–Crippen MR) is 104 cm³/mol. The van der Waals surface area contributed by atoms with Gasteiger partial charge in [-0.05, 0) is 18.2 Å². The third-order valence-corrected chi connectivity index (χ3v) is 5.60. The number of hydrogen-bond acceptors (Lipinski definition) is 6. The van der Waals surface area contributed by atoms with Crippen LogP contribution in [0, 0.1) is 0 Å². The van der Waals surface area contributed by atoms with Gasteiger partial charge >= 0.3 is 0 Å². The highest BCUT2D eigenvalue weighted by molar-refractivity contribution is 8.26. The van der Waals surface area contributed by atoms with Gasteiger partial charge in [0.1, 0.15) is 0 Å². The minimum absolute atomic E-state index is 0.113. The number of rotatable bonds is 2. The van der Waals surface area contributed by atoms with Gasteiger partial charge < -0.3 is 4.74 Å². The first kappa shape index (κ1) is 16.9. The third-order valence-electron chi connectivity index (χ3n) is 4.02. The Morgan fingerprint density at radius 2 is 2.04 bits per heavy atom. The molecule has 1 aromatic heterocycles. The van der Waals surface area contributed by atoms with E-state index in [0.717, 1.165) is 10.9 Å². The van der Waals surface area contributed by atoms with Gasteiger partial charge in [0.2, 0.25) is 0 Å². The zero-order valence-electron chi connectivity index (χ0n) is 13.1. The van der Waals surface area contributed by atoms with Crippen LogP contribution in [0.25, 0.3) is 17.0 Å². The van der Waals surface area contributed by atoms with Gasteiger partial charge in [-0.25, -0.2) is 15.0 Å². The van der Waals surface area contributed by atoms with Crippen molar-refractivity contribution in [2.75, 3.05) is 26.3 Å². The lowest BCUT2D eigenvalue weighted by atomic mass is 10.2. The van der Waals surface area contributed by atoms with Crippen molar-refractivity contribution in [2.24, 2.45) is 0 Å². The first-order valence-electron chi connectivity index (χ1n) is 7.79. The summed E-state index contributed by atoms with van der Waals surface area (Å²) in [5.41, 5.74) is 1.41. The van der Waals surface area contributed by atoms with Crippen LogP contribution in [0.2, 0.25) is 5.02 Å². The fraction of sp³-hybridized carbons (Fsp3) is 0.235. The number of amides is 1. The number of thiocarbonyl (C=S) groups is 1. The number of para-hydroxylation sites is 1. The molecule has 0 saturated carbocycles. The first-order chi connectivity index (χ1) is 12.1. The number of aromatic nitrogens is 1. The van der Waals surface area contributed by atoms with Crippen LogP contribution in [0.1, 0.15) is 5.69 Å². The largest absolute Gasteiger partial charge is 0.379 e. The maximum Gasteiger partial charge on any atom is 0.281 e. The van der Waals surface area contributed by atoms with E-state index in [0.29, 0.717) is 46.2 Å². The highest BCUT2D eigenvalue weighted by atomic mass is 35.5. The normalized spacial score (nSPS) is 20.8. The number of pyridine rings is 1. The third kappa shape index (κ3) is 3.30. The van der Waals surface area contributed by atoms with Crippen LogP contribution >= 0.6 is 35.6 Å². The molecular formula is C17H14ClN3O2S2. The van der Waals surface area contributed by atoms with E-state index >= 15 is 0 Å². The number of hydrogen-bond donors (Lipinski definition) is 0. The molecule has 1 aromatic carbocycles. The van der Waals surface area contributed by atoms with E-state index in [4.69, 9.17) is 28.6 Å². The zero-order valence-corrected chi connectivity index (χ0v) is 15.5. The summed E-state index contributed by atoms with van der Waals surface area (Å²) >= 11 is 12.9. The van der Waals surface area contributed by atoms with E-state index in [9.17, 15) is 4.79 Å². The molecule has 5 nitrogen and oxygen atoms in total. The Bertz CT molecular complexity index is 897. The first-order valence-corrected chi connectivity index (χ1v) is 9.39. The molecule has 2 aromatic rings. The molecule has 0 unspecified atom stereocenters. The lowest BCUT2D eigenvalue weighted by Crippen LogP contribution is -2.50. The van der Waals surface area contributed by atoms with Gasteiger partial charge in [-0.2, -0.15) is 0 Å². The van der Waals surface area contributed by atoms with E-state index in [1.54, 1.807) is 17.2 Å². The van der Waals surface area contributed by atoms with Crippen molar-refractivity contribution in [2.45, 2.75) is 0 Å². The molecule has 2 fully saturated rings. The molecule has 25 heavy (non-hydrogen) atoms. The fourth-order valence-corrected chi connectivity index (χ4v) is 4.32. The van der Waals surface area contributed by atoms with Crippen molar-refractivity contribution in [3.63, 3.8) is 0 Å². The van der Waals surface area contributed by atoms with Crippen LogP contribution in [0.3, 0.4) is 0 Å². The van der Waals surface area contributed by atoms with Crippen LogP contribution in [0.15, 0.2) is 35.2 Å². The van der Waals surface area contributed by atoms with Gasteiger partial charge in [0.05, 0.1) is 34.4 Å². The Balaban J connectivity index is 1.64. The quantitative estimate of drug-likeness (QED) is 0.578.